The van der Waals surface area contributed by atoms with Crippen molar-refractivity contribution in [1.82, 2.24) is 20.1 Å². The van der Waals surface area contributed by atoms with Crippen molar-refractivity contribution in [2.24, 2.45) is 0 Å². The Hall–Kier alpha value is -2.78. The smallest absolute Gasteiger partial charge is 0.272 e. The van der Waals surface area contributed by atoms with Crippen molar-refractivity contribution in [1.29, 1.82) is 0 Å². The average molecular weight is 376 g/mol. The second-order valence-electron chi connectivity index (χ2n) is 5.72. The summed E-state index contributed by atoms with van der Waals surface area (Å²) in [4.78, 5) is 27.7. The highest BCUT2D eigenvalue weighted by molar-refractivity contribution is 7.89. The first kappa shape index (κ1) is 19.5. The van der Waals surface area contributed by atoms with Crippen LogP contribution in [0, 0.1) is 13.8 Å². The molecular weight excluding hydrogens is 356 g/mol. The summed E-state index contributed by atoms with van der Waals surface area (Å²) in [7, 11) is -2.52. The van der Waals surface area contributed by atoms with E-state index < -0.39 is 28.4 Å². The van der Waals surface area contributed by atoms with Crippen LogP contribution in [0.25, 0.3) is 0 Å². The van der Waals surface area contributed by atoms with Gasteiger partial charge >= 0.3 is 0 Å². The van der Waals surface area contributed by atoms with Crippen molar-refractivity contribution in [2.75, 3.05) is 13.6 Å². The molecule has 0 saturated carbocycles. The number of likely N-dealkylation sites (N-methyl/N-ethyl adjacent to an activating group) is 1. The number of hydrogen-bond acceptors (Lipinski definition) is 5. The van der Waals surface area contributed by atoms with Gasteiger partial charge in [0, 0.05) is 13.2 Å². The van der Waals surface area contributed by atoms with Crippen molar-refractivity contribution < 1.29 is 18.0 Å². The summed E-state index contributed by atoms with van der Waals surface area (Å²) >= 11 is 0. The number of pyridine rings is 1. The fraction of sp³-hybridized carbons (Fsp3) is 0.235. The molecule has 0 atom stereocenters. The van der Waals surface area contributed by atoms with Crippen LogP contribution in [-0.4, -0.2) is 43.1 Å². The quantitative estimate of drug-likeness (QED) is 0.750. The van der Waals surface area contributed by atoms with E-state index in [1.165, 1.54) is 25.4 Å². The maximum Gasteiger partial charge on any atom is 0.288 e. The molecule has 9 heteroatoms. The lowest BCUT2D eigenvalue weighted by Gasteiger charge is -2.17. The van der Waals surface area contributed by atoms with Crippen molar-refractivity contribution in [2.45, 2.75) is 18.7 Å². The van der Waals surface area contributed by atoms with Gasteiger partial charge in [0.2, 0.25) is 10.0 Å². The number of nitrogens with one attached hydrogen (secondary N) is 2. The molecule has 0 fully saturated rings. The third kappa shape index (κ3) is 4.64. The topological polar surface area (TPSA) is 108 Å². The van der Waals surface area contributed by atoms with Crippen molar-refractivity contribution in [3.8, 4) is 0 Å². The molecule has 1 aromatic carbocycles. The third-order valence-electron chi connectivity index (χ3n) is 3.77. The Kier molecular flexibility index (Phi) is 6.06. The maximum atomic E-state index is 12.5. The molecule has 2 N–H and O–H groups in total. The molecule has 2 amide bonds. The van der Waals surface area contributed by atoms with Gasteiger partial charge in [-0.1, -0.05) is 12.1 Å². The van der Waals surface area contributed by atoms with E-state index in [9.17, 15) is 18.0 Å². The minimum absolute atomic E-state index is 0.105. The molecule has 0 aliphatic carbocycles. The number of amides is 2. The molecule has 0 unspecified atom stereocenters. The van der Waals surface area contributed by atoms with E-state index >= 15 is 0 Å². The van der Waals surface area contributed by atoms with E-state index in [1.54, 1.807) is 24.3 Å². The summed E-state index contributed by atoms with van der Waals surface area (Å²) in [5.74, 6) is -1.28. The van der Waals surface area contributed by atoms with E-state index in [-0.39, 0.29) is 10.6 Å². The Morgan fingerprint density at radius 2 is 1.81 bits per heavy atom. The molecule has 0 aliphatic rings. The summed E-state index contributed by atoms with van der Waals surface area (Å²) in [6.45, 7) is 3.25. The van der Waals surface area contributed by atoms with Crippen LogP contribution >= 0.6 is 0 Å². The molecule has 0 saturated heterocycles. The molecule has 0 bridgehead atoms. The number of aromatic nitrogens is 1. The van der Waals surface area contributed by atoms with E-state index in [1.807, 2.05) is 13.8 Å². The molecule has 0 aliphatic heterocycles. The first-order valence-corrected chi connectivity index (χ1v) is 9.19. The molecule has 1 heterocycles. The van der Waals surface area contributed by atoms with Crippen LogP contribution in [0.4, 0.5) is 0 Å². The number of sulfonamides is 1. The zero-order valence-corrected chi connectivity index (χ0v) is 15.5. The summed E-state index contributed by atoms with van der Waals surface area (Å²) in [5, 5.41) is 0. The van der Waals surface area contributed by atoms with Crippen LogP contribution in [0.1, 0.15) is 21.6 Å². The number of rotatable bonds is 5. The Labute approximate surface area is 152 Å². The molecule has 2 rings (SSSR count). The lowest BCUT2D eigenvalue weighted by Crippen LogP contribution is -2.46. The Morgan fingerprint density at radius 1 is 1.08 bits per heavy atom. The standard InChI is InChI=1S/C17H20N4O4S/c1-12-7-8-14(10-13(12)2)26(24,25)21(3)11-16(22)19-20-17(23)15-6-4-5-9-18-15/h4-10H,11H2,1-3H3,(H,19,22)(H,20,23). The Bertz CT molecular complexity index is 914. The third-order valence-corrected chi connectivity index (χ3v) is 5.57. The highest BCUT2D eigenvalue weighted by Crippen LogP contribution is 2.17. The van der Waals surface area contributed by atoms with E-state index in [0.717, 1.165) is 15.4 Å². The zero-order chi connectivity index (χ0) is 19.3. The molecule has 138 valence electrons. The summed E-state index contributed by atoms with van der Waals surface area (Å²) in [6, 6.07) is 9.54. The fourth-order valence-corrected chi connectivity index (χ4v) is 3.28. The predicted octanol–water partition coefficient (Wildman–Crippen LogP) is 0.780. The lowest BCUT2D eigenvalue weighted by atomic mass is 10.1. The number of benzene rings is 1. The first-order chi connectivity index (χ1) is 12.2. The number of carbonyl (C=O) groups excluding carboxylic acids is 2. The Morgan fingerprint density at radius 3 is 2.42 bits per heavy atom. The van der Waals surface area contributed by atoms with Crippen LogP contribution in [0.15, 0.2) is 47.5 Å². The van der Waals surface area contributed by atoms with Crippen LogP contribution in [0.2, 0.25) is 0 Å². The predicted molar refractivity (Wildman–Crippen MR) is 95.6 cm³/mol. The Balaban J connectivity index is 1.97. The summed E-state index contributed by atoms with van der Waals surface area (Å²) in [5.41, 5.74) is 6.30. The number of nitrogens with zero attached hydrogens (tertiary/aromatic N) is 2. The van der Waals surface area contributed by atoms with Gasteiger partial charge in [-0.3, -0.25) is 25.4 Å². The van der Waals surface area contributed by atoms with Gasteiger partial charge in [0.1, 0.15) is 5.69 Å². The summed E-state index contributed by atoms with van der Waals surface area (Å²) < 4.78 is 26.0. The maximum absolute atomic E-state index is 12.5. The molecule has 0 radical (unpaired) electrons. The number of aryl methyl sites for hydroxylation is 2. The minimum atomic E-state index is -3.82. The average Bonchev–Trinajstić information content (AvgIpc) is 2.62. The van der Waals surface area contributed by atoms with Crippen LogP contribution < -0.4 is 10.9 Å². The molecular formula is C17H20N4O4S. The van der Waals surface area contributed by atoms with Gasteiger partial charge < -0.3 is 0 Å². The molecule has 26 heavy (non-hydrogen) atoms. The number of hydrazine groups is 1. The monoisotopic (exact) mass is 376 g/mol. The highest BCUT2D eigenvalue weighted by Gasteiger charge is 2.23. The highest BCUT2D eigenvalue weighted by atomic mass is 32.2. The SMILES string of the molecule is Cc1ccc(S(=O)(=O)N(C)CC(=O)NNC(=O)c2ccccn2)cc1C. The molecule has 8 nitrogen and oxygen atoms in total. The minimum Gasteiger partial charge on any atom is -0.272 e. The van der Waals surface area contributed by atoms with E-state index in [2.05, 4.69) is 15.8 Å². The van der Waals surface area contributed by atoms with Crippen LogP contribution in [0.3, 0.4) is 0 Å². The second-order valence-corrected chi connectivity index (χ2v) is 7.77. The zero-order valence-electron chi connectivity index (χ0n) is 14.7. The van der Waals surface area contributed by atoms with Gasteiger partial charge in [0.15, 0.2) is 0 Å². The van der Waals surface area contributed by atoms with Gasteiger partial charge in [-0.15, -0.1) is 0 Å². The molecule has 0 spiro atoms. The van der Waals surface area contributed by atoms with Gasteiger partial charge in [-0.2, -0.15) is 4.31 Å². The van der Waals surface area contributed by atoms with Crippen molar-refractivity contribution >= 4 is 21.8 Å². The summed E-state index contributed by atoms with van der Waals surface area (Å²) in [6.07, 6.45) is 1.45. The number of hydrogen-bond donors (Lipinski definition) is 2. The first-order valence-electron chi connectivity index (χ1n) is 7.75. The van der Waals surface area contributed by atoms with Gasteiger partial charge in [-0.25, -0.2) is 8.42 Å². The molecule has 1 aromatic heterocycles. The van der Waals surface area contributed by atoms with Crippen LogP contribution in [0.5, 0.6) is 0 Å². The van der Waals surface area contributed by atoms with Gasteiger partial charge in [-0.05, 0) is 49.2 Å². The number of carbonyl (C=O) groups is 2. The second kappa shape index (κ2) is 8.07. The van der Waals surface area contributed by atoms with Crippen molar-refractivity contribution in [3.05, 3.63) is 59.4 Å². The van der Waals surface area contributed by atoms with E-state index in [0.29, 0.717) is 0 Å². The largest absolute Gasteiger partial charge is 0.288 e. The van der Waals surface area contributed by atoms with Crippen LogP contribution in [-0.2, 0) is 14.8 Å². The lowest BCUT2D eigenvalue weighted by molar-refractivity contribution is -0.121. The molecule has 2 aromatic rings. The van der Waals surface area contributed by atoms with Gasteiger partial charge in [0.25, 0.3) is 11.8 Å². The van der Waals surface area contributed by atoms with Gasteiger partial charge in [0.05, 0.1) is 11.4 Å². The fourth-order valence-electron chi connectivity index (χ4n) is 2.07. The normalized spacial score (nSPS) is 11.2. The van der Waals surface area contributed by atoms with E-state index in [4.69, 9.17) is 0 Å². The van der Waals surface area contributed by atoms with Crippen molar-refractivity contribution in [3.63, 3.8) is 0 Å².